The van der Waals surface area contributed by atoms with Crippen molar-refractivity contribution in [3.63, 3.8) is 0 Å². The van der Waals surface area contributed by atoms with Gasteiger partial charge in [-0.15, -0.1) is 0 Å². The molecule has 1 fully saturated rings. The SMILES string of the molecule is CCNC(=NCCOCC(C)C)N1CCSC(CC)C1. The van der Waals surface area contributed by atoms with Crippen molar-refractivity contribution in [1.82, 2.24) is 10.2 Å². The molecule has 1 aliphatic heterocycles. The molecule has 0 aromatic rings. The molecule has 0 saturated carbocycles. The summed E-state index contributed by atoms with van der Waals surface area (Å²) in [4.78, 5) is 7.10. The predicted molar refractivity (Wildman–Crippen MR) is 89.7 cm³/mol. The van der Waals surface area contributed by atoms with Gasteiger partial charge in [0.1, 0.15) is 0 Å². The van der Waals surface area contributed by atoms with Gasteiger partial charge in [0.2, 0.25) is 0 Å². The fourth-order valence-corrected chi connectivity index (χ4v) is 3.30. The average molecular weight is 302 g/mol. The van der Waals surface area contributed by atoms with Gasteiger partial charge in [0.25, 0.3) is 0 Å². The lowest BCUT2D eigenvalue weighted by atomic mass is 10.2. The number of rotatable bonds is 7. The second kappa shape index (κ2) is 10.3. The highest BCUT2D eigenvalue weighted by Crippen LogP contribution is 2.20. The highest BCUT2D eigenvalue weighted by molar-refractivity contribution is 8.00. The smallest absolute Gasteiger partial charge is 0.194 e. The van der Waals surface area contributed by atoms with Crippen molar-refractivity contribution >= 4 is 17.7 Å². The molecule has 1 N–H and O–H groups in total. The molecule has 1 unspecified atom stereocenters. The van der Waals surface area contributed by atoms with E-state index in [0.717, 1.165) is 44.0 Å². The fourth-order valence-electron chi connectivity index (χ4n) is 2.12. The molecule has 5 heteroatoms. The van der Waals surface area contributed by atoms with Crippen LogP contribution in [-0.4, -0.2) is 61.3 Å². The third-order valence-corrected chi connectivity index (χ3v) is 4.55. The molecule has 0 amide bonds. The number of hydrogen-bond donors (Lipinski definition) is 1. The lowest BCUT2D eigenvalue weighted by Crippen LogP contribution is -2.48. The van der Waals surface area contributed by atoms with Crippen LogP contribution in [0.25, 0.3) is 0 Å². The molecule has 0 bridgehead atoms. The van der Waals surface area contributed by atoms with E-state index in [9.17, 15) is 0 Å². The topological polar surface area (TPSA) is 36.9 Å². The van der Waals surface area contributed by atoms with Crippen LogP contribution in [0.1, 0.15) is 34.1 Å². The zero-order chi connectivity index (χ0) is 14.8. The Bertz CT molecular complexity index is 284. The van der Waals surface area contributed by atoms with Gasteiger partial charge in [0.15, 0.2) is 5.96 Å². The zero-order valence-electron chi connectivity index (χ0n) is 13.5. The Morgan fingerprint density at radius 3 is 2.90 bits per heavy atom. The summed E-state index contributed by atoms with van der Waals surface area (Å²) in [5.41, 5.74) is 0. The lowest BCUT2D eigenvalue weighted by Gasteiger charge is -2.34. The molecule has 0 aromatic heterocycles. The maximum atomic E-state index is 5.60. The van der Waals surface area contributed by atoms with E-state index in [1.54, 1.807) is 0 Å². The van der Waals surface area contributed by atoms with Crippen LogP contribution in [-0.2, 0) is 4.74 Å². The Labute approximate surface area is 128 Å². The summed E-state index contributed by atoms with van der Waals surface area (Å²) in [6.45, 7) is 14.2. The van der Waals surface area contributed by atoms with Gasteiger partial charge in [-0.25, -0.2) is 0 Å². The molecule has 118 valence electrons. The minimum absolute atomic E-state index is 0.594. The molecular formula is C15H31N3OS. The molecule has 0 aliphatic carbocycles. The summed E-state index contributed by atoms with van der Waals surface area (Å²) >= 11 is 2.09. The van der Waals surface area contributed by atoms with Crippen molar-refractivity contribution in [3.05, 3.63) is 0 Å². The quantitative estimate of drug-likeness (QED) is 0.445. The van der Waals surface area contributed by atoms with Crippen molar-refractivity contribution in [2.24, 2.45) is 10.9 Å². The monoisotopic (exact) mass is 301 g/mol. The summed E-state index contributed by atoms with van der Waals surface area (Å²) in [6, 6.07) is 0. The maximum Gasteiger partial charge on any atom is 0.194 e. The molecule has 1 atom stereocenters. The van der Waals surface area contributed by atoms with Gasteiger partial charge in [-0.05, 0) is 19.3 Å². The first-order valence-corrected chi connectivity index (χ1v) is 8.94. The number of thioether (sulfide) groups is 1. The molecule has 20 heavy (non-hydrogen) atoms. The number of hydrogen-bond acceptors (Lipinski definition) is 3. The first-order valence-electron chi connectivity index (χ1n) is 7.89. The highest BCUT2D eigenvalue weighted by Gasteiger charge is 2.21. The van der Waals surface area contributed by atoms with Crippen LogP contribution in [0.15, 0.2) is 4.99 Å². The summed E-state index contributed by atoms with van der Waals surface area (Å²) in [7, 11) is 0. The van der Waals surface area contributed by atoms with Gasteiger partial charge < -0.3 is 15.0 Å². The van der Waals surface area contributed by atoms with Crippen molar-refractivity contribution in [2.75, 3.05) is 45.1 Å². The molecule has 0 aromatic carbocycles. The standard InChI is InChI=1S/C15H31N3OS/c1-5-14-11-18(8-10-20-14)15(16-6-2)17-7-9-19-12-13(3)4/h13-14H,5-12H2,1-4H3,(H,16,17). The molecular weight excluding hydrogens is 270 g/mol. The fraction of sp³-hybridized carbons (Fsp3) is 0.933. The molecule has 4 nitrogen and oxygen atoms in total. The van der Waals surface area contributed by atoms with Gasteiger partial charge in [0, 0.05) is 37.2 Å². The molecule has 1 rings (SSSR count). The Morgan fingerprint density at radius 1 is 1.45 bits per heavy atom. The van der Waals surface area contributed by atoms with E-state index >= 15 is 0 Å². The van der Waals surface area contributed by atoms with E-state index in [1.165, 1.54) is 12.2 Å². The number of ether oxygens (including phenoxy) is 1. The average Bonchev–Trinajstić information content (AvgIpc) is 2.45. The molecule has 0 spiro atoms. The van der Waals surface area contributed by atoms with Gasteiger partial charge in [-0.3, -0.25) is 4.99 Å². The first kappa shape index (κ1) is 17.6. The molecule has 0 radical (unpaired) electrons. The number of nitrogens with zero attached hydrogens (tertiary/aromatic N) is 2. The van der Waals surface area contributed by atoms with Crippen LogP contribution < -0.4 is 5.32 Å². The Hall–Kier alpha value is -0.420. The van der Waals surface area contributed by atoms with Crippen LogP contribution in [0.3, 0.4) is 0 Å². The number of guanidine groups is 1. The number of nitrogens with one attached hydrogen (secondary N) is 1. The minimum atomic E-state index is 0.594. The van der Waals surface area contributed by atoms with Crippen LogP contribution in [0.4, 0.5) is 0 Å². The van der Waals surface area contributed by atoms with E-state index in [1.807, 2.05) is 0 Å². The van der Waals surface area contributed by atoms with Gasteiger partial charge >= 0.3 is 0 Å². The Kier molecular flexibility index (Phi) is 9.10. The summed E-state index contributed by atoms with van der Waals surface area (Å²) in [5, 5.41) is 4.15. The van der Waals surface area contributed by atoms with E-state index in [0.29, 0.717) is 12.5 Å². The van der Waals surface area contributed by atoms with E-state index in [2.05, 4.69) is 49.7 Å². The Morgan fingerprint density at radius 2 is 2.25 bits per heavy atom. The minimum Gasteiger partial charge on any atom is -0.379 e. The molecule has 1 heterocycles. The third-order valence-electron chi connectivity index (χ3n) is 3.18. The van der Waals surface area contributed by atoms with Crippen LogP contribution >= 0.6 is 11.8 Å². The maximum absolute atomic E-state index is 5.60. The number of aliphatic imine (C=N–C) groups is 1. The van der Waals surface area contributed by atoms with E-state index in [4.69, 9.17) is 9.73 Å². The van der Waals surface area contributed by atoms with Crippen molar-refractivity contribution < 1.29 is 4.74 Å². The zero-order valence-corrected chi connectivity index (χ0v) is 14.3. The molecule has 1 saturated heterocycles. The van der Waals surface area contributed by atoms with Crippen molar-refractivity contribution in [3.8, 4) is 0 Å². The van der Waals surface area contributed by atoms with Gasteiger partial charge in [-0.1, -0.05) is 20.8 Å². The van der Waals surface area contributed by atoms with Gasteiger partial charge in [-0.2, -0.15) is 11.8 Å². The second-order valence-corrected chi connectivity index (χ2v) is 6.96. The van der Waals surface area contributed by atoms with Crippen molar-refractivity contribution in [1.29, 1.82) is 0 Å². The lowest BCUT2D eigenvalue weighted by molar-refractivity contribution is 0.116. The summed E-state index contributed by atoms with van der Waals surface area (Å²) in [5.74, 6) is 2.85. The highest BCUT2D eigenvalue weighted by atomic mass is 32.2. The summed E-state index contributed by atoms with van der Waals surface area (Å²) < 4.78 is 5.60. The third kappa shape index (κ3) is 6.84. The Balaban J connectivity index is 2.41. The molecule has 1 aliphatic rings. The largest absolute Gasteiger partial charge is 0.379 e. The summed E-state index contributed by atoms with van der Waals surface area (Å²) in [6.07, 6.45) is 1.23. The predicted octanol–water partition coefficient (Wildman–Crippen LogP) is 2.45. The van der Waals surface area contributed by atoms with Crippen LogP contribution in [0.5, 0.6) is 0 Å². The van der Waals surface area contributed by atoms with Crippen LogP contribution in [0, 0.1) is 5.92 Å². The second-order valence-electron chi connectivity index (χ2n) is 5.55. The van der Waals surface area contributed by atoms with E-state index in [-0.39, 0.29) is 0 Å². The van der Waals surface area contributed by atoms with Crippen molar-refractivity contribution in [2.45, 2.75) is 39.4 Å². The van der Waals surface area contributed by atoms with E-state index < -0.39 is 0 Å². The van der Waals surface area contributed by atoms with Gasteiger partial charge in [0.05, 0.1) is 13.2 Å². The van der Waals surface area contributed by atoms with Crippen LogP contribution in [0.2, 0.25) is 0 Å². The first-order chi connectivity index (χ1) is 9.67. The normalized spacial score (nSPS) is 20.6.